The molecule has 1 heterocycles. The molecule has 0 bridgehead atoms. The van der Waals surface area contributed by atoms with E-state index in [1.807, 2.05) is 37.3 Å². The predicted octanol–water partition coefficient (Wildman–Crippen LogP) is 3.44. The van der Waals surface area contributed by atoms with Gasteiger partial charge < -0.3 is 9.88 Å². The minimum absolute atomic E-state index is 0.0505. The van der Waals surface area contributed by atoms with E-state index in [9.17, 15) is 18.0 Å². The first-order valence-corrected chi connectivity index (χ1v) is 12.0. The Kier molecular flexibility index (Phi) is 7.30. The van der Waals surface area contributed by atoms with E-state index in [2.05, 4.69) is 5.32 Å². The van der Waals surface area contributed by atoms with Crippen LogP contribution in [0.2, 0.25) is 0 Å². The Hall–Kier alpha value is -3.19. The zero-order valence-electron chi connectivity index (χ0n) is 18.5. The van der Waals surface area contributed by atoms with Gasteiger partial charge in [0.2, 0.25) is 15.7 Å². The van der Waals surface area contributed by atoms with Crippen LogP contribution in [-0.4, -0.2) is 24.9 Å². The number of benzene rings is 2. The molecule has 3 rings (SSSR count). The zero-order chi connectivity index (χ0) is 23.3. The Morgan fingerprint density at radius 2 is 1.59 bits per heavy atom. The maximum atomic E-state index is 13.2. The summed E-state index contributed by atoms with van der Waals surface area (Å²) in [5.74, 6) is -0.331. The summed E-state index contributed by atoms with van der Waals surface area (Å²) in [4.78, 5) is 25.6. The zero-order valence-corrected chi connectivity index (χ0v) is 19.4. The summed E-state index contributed by atoms with van der Waals surface area (Å²) in [5, 5.41) is 2.91. The lowest BCUT2D eigenvalue weighted by Crippen LogP contribution is -2.39. The first-order chi connectivity index (χ1) is 15.2. The second kappa shape index (κ2) is 9.96. The Morgan fingerprint density at radius 3 is 2.22 bits per heavy atom. The van der Waals surface area contributed by atoms with Crippen LogP contribution in [-0.2, 0) is 27.6 Å². The molecular formula is C25H28N2O4S. The molecule has 0 spiro atoms. The van der Waals surface area contributed by atoms with Gasteiger partial charge in [-0.05, 0) is 62.9 Å². The average Bonchev–Trinajstić information content (AvgIpc) is 2.76. The van der Waals surface area contributed by atoms with E-state index in [1.54, 1.807) is 38.1 Å². The highest BCUT2D eigenvalue weighted by atomic mass is 32.2. The largest absolute Gasteiger partial charge is 0.352 e. The number of nitrogens with zero attached hydrogens (tertiary/aromatic N) is 1. The summed E-state index contributed by atoms with van der Waals surface area (Å²) >= 11 is 0. The number of sulfone groups is 1. The molecule has 1 unspecified atom stereocenters. The van der Waals surface area contributed by atoms with Gasteiger partial charge in [-0.25, -0.2) is 8.42 Å². The van der Waals surface area contributed by atoms with Crippen molar-refractivity contribution in [3.05, 3.63) is 93.9 Å². The standard InChI is InChI=1S/C25H28N2O4S/c1-18-16-20(3)27(25(29)24(18)32(30,31)22-12-8-5-9-13-22)17-23(28)26-19(2)14-15-21-10-6-4-7-11-21/h4-13,16,19H,14-15,17H2,1-3H3,(H,26,28). The number of amides is 1. The molecule has 0 aliphatic heterocycles. The van der Waals surface area contributed by atoms with Gasteiger partial charge in [0.15, 0.2) is 0 Å². The highest BCUT2D eigenvalue weighted by molar-refractivity contribution is 7.91. The third kappa shape index (κ3) is 5.34. The quantitative estimate of drug-likeness (QED) is 0.567. The van der Waals surface area contributed by atoms with Crippen LogP contribution in [0.15, 0.2) is 81.3 Å². The molecular weight excluding hydrogens is 424 g/mol. The van der Waals surface area contributed by atoms with E-state index in [0.29, 0.717) is 11.3 Å². The summed E-state index contributed by atoms with van der Waals surface area (Å²) in [6, 6.07) is 19.4. The number of rotatable bonds is 8. The van der Waals surface area contributed by atoms with Crippen molar-refractivity contribution in [1.82, 2.24) is 9.88 Å². The van der Waals surface area contributed by atoms with Crippen molar-refractivity contribution in [2.75, 3.05) is 0 Å². The lowest BCUT2D eigenvalue weighted by Gasteiger charge is -2.17. The van der Waals surface area contributed by atoms with Gasteiger partial charge in [0.05, 0.1) is 4.90 Å². The van der Waals surface area contributed by atoms with Gasteiger partial charge in [-0.15, -0.1) is 0 Å². The van der Waals surface area contributed by atoms with E-state index in [4.69, 9.17) is 0 Å². The fourth-order valence-corrected chi connectivity index (χ4v) is 5.29. The van der Waals surface area contributed by atoms with Gasteiger partial charge in [0, 0.05) is 11.7 Å². The molecule has 6 nitrogen and oxygen atoms in total. The molecule has 1 amide bonds. The van der Waals surface area contributed by atoms with Crippen molar-refractivity contribution >= 4 is 15.7 Å². The lowest BCUT2D eigenvalue weighted by atomic mass is 10.1. The van der Waals surface area contributed by atoms with Crippen LogP contribution in [0.4, 0.5) is 0 Å². The van der Waals surface area contributed by atoms with Crippen LogP contribution >= 0.6 is 0 Å². The Morgan fingerprint density at radius 1 is 1.00 bits per heavy atom. The molecule has 0 saturated carbocycles. The summed E-state index contributed by atoms with van der Waals surface area (Å²) in [6.45, 7) is 4.97. The van der Waals surface area contributed by atoms with Gasteiger partial charge in [-0.3, -0.25) is 9.59 Å². The smallest absolute Gasteiger partial charge is 0.270 e. The number of hydrogen-bond acceptors (Lipinski definition) is 4. The van der Waals surface area contributed by atoms with Crippen LogP contribution in [0.1, 0.15) is 30.2 Å². The average molecular weight is 453 g/mol. The lowest BCUT2D eigenvalue weighted by molar-refractivity contribution is -0.122. The number of carbonyl (C=O) groups is 1. The highest BCUT2D eigenvalue weighted by Crippen LogP contribution is 2.21. The van der Waals surface area contributed by atoms with Crippen LogP contribution in [0.25, 0.3) is 0 Å². The highest BCUT2D eigenvalue weighted by Gasteiger charge is 2.26. The van der Waals surface area contributed by atoms with Crippen LogP contribution in [0.3, 0.4) is 0 Å². The molecule has 168 valence electrons. The molecule has 0 aliphatic rings. The Balaban J connectivity index is 1.79. The topological polar surface area (TPSA) is 85.2 Å². The molecule has 7 heteroatoms. The fraction of sp³-hybridized carbons (Fsp3) is 0.280. The summed E-state index contributed by atoms with van der Waals surface area (Å²) in [5.41, 5.74) is 1.41. The Labute approximate surface area is 188 Å². The van der Waals surface area contributed by atoms with Crippen LogP contribution in [0.5, 0.6) is 0 Å². The normalized spacial score (nSPS) is 12.3. The summed E-state index contributed by atoms with van der Waals surface area (Å²) < 4.78 is 27.4. The number of pyridine rings is 1. The number of nitrogens with one attached hydrogen (secondary N) is 1. The third-order valence-electron chi connectivity index (χ3n) is 5.39. The first-order valence-electron chi connectivity index (χ1n) is 10.5. The van der Waals surface area contributed by atoms with E-state index in [0.717, 1.165) is 12.8 Å². The minimum Gasteiger partial charge on any atom is -0.352 e. The summed E-state index contributed by atoms with van der Waals surface area (Å²) in [7, 11) is -4.00. The fourth-order valence-electron chi connectivity index (χ4n) is 3.71. The minimum atomic E-state index is -4.00. The number of hydrogen-bond donors (Lipinski definition) is 1. The van der Waals surface area contributed by atoms with Crippen molar-refractivity contribution < 1.29 is 13.2 Å². The van der Waals surface area contributed by atoms with Gasteiger partial charge >= 0.3 is 0 Å². The maximum Gasteiger partial charge on any atom is 0.270 e. The van der Waals surface area contributed by atoms with E-state index in [1.165, 1.54) is 22.3 Å². The van der Waals surface area contributed by atoms with Crippen molar-refractivity contribution in [1.29, 1.82) is 0 Å². The monoisotopic (exact) mass is 452 g/mol. The number of aromatic nitrogens is 1. The van der Waals surface area contributed by atoms with E-state index < -0.39 is 15.4 Å². The molecule has 1 aromatic heterocycles. The summed E-state index contributed by atoms with van der Waals surface area (Å²) in [6.07, 6.45) is 1.58. The van der Waals surface area contributed by atoms with Gasteiger partial charge in [-0.1, -0.05) is 48.5 Å². The molecule has 32 heavy (non-hydrogen) atoms. The van der Waals surface area contributed by atoms with Crippen LogP contribution in [0, 0.1) is 13.8 Å². The second-order valence-corrected chi connectivity index (χ2v) is 9.89. The van der Waals surface area contributed by atoms with Crippen molar-refractivity contribution in [3.63, 3.8) is 0 Å². The van der Waals surface area contributed by atoms with Crippen LogP contribution < -0.4 is 10.9 Å². The second-order valence-electron chi connectivity index (χ2n) is 8.00. The molecule has 0 saturated heterocycles. The van der Waals surface area contributed by atoms with Crippen molar-refractivity contribution in [2.24, 2.45) is 0 Å². The van der Waals surface area contributed by atoms with Gasteiger partial charge in [0.1, 0.15) is 11.4 Å². The Bertz CT molecular complexity index is 1250. The molecule has 1 N–H and O–H groups in total. The molecule has 3 aromatic rings. The van der Waals surface area contributed by atoms with E-state index >= 15 is 0 Å². The van der Waals surface area contributed by atoms with Crippen molar-refractivity contribution in [2.45, 2.75) is 56.0 Å². The molecule has 1 atom stereocenters. The number of carbonyl (C=O) groups excluding carboxylic acids is 1. The van der Waals surface area contributed by atoms with Gasteiger partial charge in [0.25, 0.3) is 5.56 Å². The molecule has 0 aliphatic carbocycles. The maximum absolute atomic E-state index is 13.2. The predicted molar refractivity (Wildman–Crippen MR) is 124 cm³/mol. The van der Waals surface area contributed by atoms with E-state index in [-0.39, 0.29) is 28.3 Å². The first kappa shape index (κ1) is 23.5. The molecule has 0 radical (unpaired) electrons. The SMILES string of the molecule is Cc1cc(C)n(CC(=O)NC(C)CCc2ccccc2)c(=O)c1S(=O)(=O)c1ccccc1. The third-order valence-corrected chi connectivity index (χ3v) is 7.32. The van der Waals surface area contributed by atoms with Gasteiger partial charge in [-0.2, -0.15) is 0 Å². The molecule has 0 fully saturated rings. The number of aryl methyl sites for hydroxylation is 3. The van der Waals surface area contributed by atoms with Crippen molar-refractivity contribution in [3.8, 4) is 0 Å². The molecule has 2 aromatic carbocycles.